The van der Waals surface area contributed by atoms with Gasteiger partial charge in [0.05, 0.1) is 4.90 Å². The van der Waals surface area contributed by atoms with Gasteiger partial charge in [-0.1, -0.05) is 37.4 Å². The average Bonchev–Trinajstić information content (AvgIpc) is 2.16. The maximum atomic E-state index is 10.9. The van der Waals surface area contributed by atoms with Crippen LogP contribution < -0.4 is 0 Å². The second kappa shape index (κ2) is 4.16. The Morgan fingerprint density at radius 1 is 1.31 bits per heavy atom. The largest absolute Gasteiger partial charge is 0.302 e. The van der Waals surface area contributed by atoms with Crippen LogP contribution in [0.3, 0.4) is 0 Å². The van der Waals surface area contributed by atoms with Gasteiger partial charge in [0, 0.05) is 0 Å². The van der Waals surface area contributed by atoms with Crippen LogP contribution in [-0.4, -0.2) is 8.76 Å². The average molecular weight is 194 g/mol. The van der Waals surface area contributed by atoms with Crippen molar-refractivity contribution in [3.63, 3.8) is 0 Å². The van der Waals surface area contributed by atoms with Crippen LogP contribution in [0, 0.1) is 0 Å². The van der Waals surface area contributed by atoms with Crippen LogP contribution in [0.25, 0.3) is 12.2 Å². The molecule has 0 spiro atoms. The van der Waals surface area contributed by atoms with E-state index in [1.165, 1.54) is 0 Å². The molecule has 0 radical (unpaired) electrons. The van der Waals surface area contributed by atoms with Crippen LogP contribution in [-0.2, 0) is 11.1 Å². The van der Waals surface area contributed by atoms with Crippen LogP contribution >= 0.6 is 0 Å². The standard InChI is InChI=1S/C10H10O2S/c1-3-8-6-5-7-10(13(11)12)9(8)4-2/h3-7H,1-2H2,(H,11,12). The van der Waals surface area contributed by atoms with Crippen molar-refractivity contribution in [1.29, 1.82) is 0 Å². The Labute approximate surface area is 79.9 Å². The topological polar surface area (TPSA) is 37.3 Å². The van der Waals surface area contributed by atoms with Gasteiger partial charge in [-0.15, -0.1) is 0 Å². The summed E-state index contributed by atoms with van der Waals surface area (Å²) in [4.78, 5) is 0.368. The van der Waals surface area contributed by atoms with Gasteiger partial charge in [0.1, 0.15) is 0 Å². The number of hydrogen-bond acceptors (Lipinski definition) is 1. The van der Waals surface area contributed by atoms with Gasteiger partial charge in [0.2, 0.25) is 0 Å². The molecule has 0 heterocycles. The molecule has 1 aromatic carbocycles. The highest BCUT2D eigenvalue weighted by molar-refractivity contribution is 7.79. The van der Waals surface area contributed by atoms with E-state index in [9.17, 15) is 4.21 Å². The summed E-state index contributed by atoms with van der Waals surface area (Å²) in [6.07, 6.45) is 3.19. The number of rotatable bonds is 3. The third-order valence-electron chi connectivity index (χ3n) is 1.71. The van der Waals surface area contributed by atoms with E-state index >= 15 is 0 Å². The van der Waals surface area contributed by atoms with Crippen LogP contribution in [0.15, 0.2) is 36.3 Å². The van der Waals surface area contributed by atoms with Gasteiger partial charge in [-0.25, -0.2) is 4.21 Å². The maximum Gasteiger partial charge on any atom is 0.187 e. The molecule has 0 aliphatic carbocycles. The van der Waals surface area contributed by atoms with Crippen molar-refractivity contribution in [3.05, 3.63) is 42.5 Å². The van der Waals surface area contributed by atoms with Gasteiger partial charge in [0.25, 0.3) is 0 Å². The van der Waals surface area contributed by atoms with Gasteiger partial charge in [-0.05, 0) is 17.2 Å². The summed E-state index contributed by atoms with van der Waals surface area (Å²) in [5.74, 6) is 0. The molecule has 0 bridgehead atoms. The second-order valence-corrected chi connectivity index (χ2v) is 3.35. The van der Waals surface area contributed by atoms with Gasteiger partial charge in [0.15, 0.2) is 11.1 Å². The summed E-state index contributed by atoms with van der Waals surface area (Å²) in [6, 6.07) is 5.13. The van der Waals surface area contributed by atoms with Crippen LogP contribution in [0.4, 0.5) is 0 Å². The first kappa shape index (κ1) is 9.89. The molecule has 1 rings (SSSR count). The molecule has 1 aromatic rings. The Hall–Kier alpha value is -1.19. The minimum atomic E-state index is -1.97. The Kier molecular flexibility index (Phi) is 3.17. The van der Waals surface area contributed by atoms with Crippen molar-refractivity contribution in [3.8, 4) is 0 Å². The molecule has 0 amide bonds. The second-order valence-electron chi connectivity index (χ2n) is 2.42. The van der Waals surface area contributed by atoms with Crippen LogP contribution in [0.2, 0.25) is 0 Å². The van der Waals surface area contributed by atoms with Crippen LogP contribution in [0.1, 0.15) is 11.1 Å². The van der Waals surface area contributed by atoms with Gasteiger partial charge in [-0.3, -0.25) is 0 Å². The molecule has 0 fully saturated rings. The molecular weight excluding hydrogens is 184 g/mol. The SMILES string of the molecule is C=Cc1cccc(S(=O)O)c1C=C. The quantitative estimate of drug-likeness (QED) is 0.751. The van der Waals surface area contributed by atoms with E-state index < -0.39 is 11.1 Å². The fourth-order valence-corrected chi connectivity index (χ4v) is 1.69. The molecular formula is C10H10O2S. The number of benzene rings is 1. The highest BCUT2D eigenvalue weighted by Crippen LogP contribution is 2.19. The lowest BCUT2D eigenvalue weighted by Crippen LogP contribution is -1.94. The summed E-state index contributed by atoms with van der Waals surface area (Å²) < 4.78 is 19.8. The minimum Gasteiger partial charge on any atom is -0.302 e. The summed E-state index contributed by atoms with van der Waals surface area (Å²) >= 11 is -1.97. The van der Waals surface area contributed by atoms with Crippen LogP contribution in [0.5, 0.6) is 0 Å². The molecule has 2 nitrogen and oxygen atoms in total. The van der Waals surface area contributed by atoms with Crippen molar-refractivity contribution in [1.82, 2.24) is 0 Å². The zero-order chi connectivity index (χ0) is 9.84. The van der Waals surface area contributed by atoms with E-state index in [1.54, 1.807) is 24.3 Å². The Morgan fingerprint density at radius 3 is 2.46 bits per heavy atom. The minimum absolute atomic E-state index is 0.368. The first-order chi connectivity index (χ1) is 6.20. The fourth-order valence-electron chi connectivity index (χ4n) is 1.11. The van der Waals surface area contributed by atoms with E-state index in [4.69, 9.17) is 4.55 Å². The molecule has 68 valence electrons. The molecule has 0 aromatic heterocycles. The van der Waals surface area contributed by atoms with Gasteiger partial charge < -0.3 is 4.55 Å². The summed E-state index contributed by atoms with van der Waals surface area (Å²) in [5, 5.41) is 0. The smallest absolute Gasteiger partial charge is 0.187 e. The van der Waals surface area contributed by atoms with Crippen molar-refractivity contribution in [2.75, 3.05) is 0 Å². The molecule has 0 saturated carbocycles. The highest BCUT2D eigenvalue weighted by atomic mass is 32.2. The van der Waals surface area contributed by atoms with Crippen molar-refractivity contribution >= 4 is 23.2 Å². The fraction of sp³-hybridized carbons (Fsp3) is 0. The van der Waals surface area contributed by atoms with E-state index in [2.05, 4.69) is 13.2 Å². The van der Waals surface area contributed by atoms with E-state index in [1.807, 2.05) is 6.07 Å². The zero-order valence-electron chi connectivity index (χ0n) is 7.06. The van der Waals surface area contributed by atoms with Crippen molar-refractivity contribution in [2.45, 2.75) is 4.90 Å². The molecule has 0 aliphatic rings. The first-order valence-electron chi connectivity index (χ1n) is 3.69. The molecule has 13 heavy (non-hydrogen) atoms. The normalized spacial score (nSPS) is 12.1. The summed E-state index contributed by atoms with van der Waals surface area (Å²) in [7, 11) is 0. The molecule has 1 atom stereocenters. The summed E-state index contributed by atoms with van der Waals surface area (Å²) in [5.41, 5.74) is 1.48. The third-order valence-corrected chi connectivity index (χ3v) is 2.44. The molecule has 3 heteroatoms. The predicted octanol–water partition coefficient (Wildman–Crippen LogP) is 2.55. The predicted molar refractivity (Wildman–Crippen MR) is 55.7 cm³/mol. The third kappa shape index (κ3) is 1.94. The lowest BCUT2D eigenvalue weighted by atomic mass is 10.1. The Balaban J connectivity index is 3.43. The number of hydrogen-bond donors (Lipinski definition) is 1. The van der Waals surface area contributed by atoms with Crippen molar-refractivity contribution in [2.24, 2.45) is 0 Å². The highest BCUT2D eigenvalue weighted by Gasteiger charge is 2.06. The zero-order valence-corrected chi connectivity index (χ0v) is 7.88. The molecule has 0 saturated heterocycles. The molecule has 0 aliphatic heterocycles. The van der Waals surface area contributed by atoms with Gasteiger partial charge in [-0.2, -0.15) is 0 Å². The van der Waals surface area contributed by atoms with Gasteiger partial charge >= 0.3 is 0 Å². The van der Waals surface area contributed by atoms with E-state index in [0.717, 1.165) is 5.56 Å². The monoisotopic (exact) mass is 194 g/mol. The molecule has 1 unspecified atom stereocenters. The van der Waals surface area contributed by atoms with Crippen molar-refractivity contribution < 1.29 is 8.76 Å². The van der Waals surface area contributed by atoms with E-state index in [-0.39, 0.29) is 0 Å². The first-order valence-corrected chi connectivity index (χ1v) is 4.80. The lowest BCUT2D eigenvalue weighted by molar-refractivity contribution is 0.564. The lowest BCUT2D eigenvalue weighted by Gasteiger charge is -2.04. The maximum absolute atomic E-state index is 10.9. The Morgan fingerprint density at radius 2 is 2.00 bits per heavy atom. The molecule has 1 N–H and O–H groups in total. The summed E-state index contributed by atoms with van der Waals surface area (Å²) in [6.45, 7) is 7.20. The van der Waals surface area contributed by atoms with E-state index in [0.29, 0.717) is 10.5 Å². The Bertz CT molecular complexity index is 369.